The van der Waals surface area contributed by atoms with E-state index in [-0.39, 0.29) is 18.0 Å². The number of carbonyl (C=O) groups excluding carboxylic acids is 1. The van der Waals surface area contributed by atoms with Gasteiger partial charge in [0.15, 0.2) is 0 Å². The topological polar surface area (TPSA) is 101 Å². The van der Waals surface area contributed by atoms with E-state index in [1.165, 1.54) is 23.9 Å². The first-order valence-corrected chi connectivity index (χ1v) is 11.3. The van der Waals surface area contributed by atoms with E-state index in [4.69, 9.17) is 17.3 Å². The second-order valence-corrected chi connectivity index (χ2v) is 8.83. The fraction of sp³-hybridized carbons (Fsp3) is 0.476. The second kappa shape index (κ2) is 12.4. The summed E-state index contributed by atoms with van der Waals surface area (Å²) in [5.74, 6) is -0.838. The van der Waals surface area contributed by atoms with Gasteiger partial charge in [0.05, 0.1) is 9.83 Å². The maximum Gasteiger partial charge on any atom is 0.303 e. The molecule has 0 spiro atoms. The van der Waals surface area contributed by atoms with Crippen LogP contribution < -0.4 is 0 Å². The van der Waals surface area contributed by atoms with Crippen molar-refractivity contribution in [1.29, 1.82) is 0 Å². The number of benzene rings is 1. The van der Waals surface area contributed by atoms with Gasteiger partial charge >= 0.3 is 5.97 Å². The van der Waals surface area contributed by atoms with Crippen molar-refractivity contribution in [1.82, 2.24) is 4.90 Å². The van der Waals surface area contributed by atoms with E-state index in [2.05, 4.69) is 0 Å². The lowest BCUT2D eigenvalue weighted by molar-refractivity contribution is -0.384. The average Bonchev–Trinajstić information content (AvgIpc) is 2.96. The highest BCUT2D eigenvalue weighted by Gasteiger charge is 2.31. The molecule has 0 atom stereocenters. The molecule has 1 fully saturated rings. The number of amides is 1. The molecule has 0 unspecified atom stereocenters. The van der Waals surface area contributed by atoms with Gasteiger partial charge in [-0.25, -0.2) is 0 Å². The molecule has 0 aromatic heterocycles. The summed E-state index contributed by atoms with van der Waals surface area (Å²) in [4.78, 5) is 35.5. The van der Waals surface area contributed by atoms with Crippen molar-refractivity contribution < 1.29 is 19.6 Å². The second-order valence-electron chi connectivity index (χ2n) is 7.15. The van der Waals surface area contributed by atoms with E-state index >= 15 is 0 Å². The Balaban J connectivity index is 1.68. The third kappa shape index (κ3) is 7.87. The van der Waals surface area contributed by atoms with Gasteiger partial charge in [0.2, 0.25) is 0 Å². The highest BCUT2D eigenvalue weighted by Crippen LogP contribution is 2.33. The number of rotatable bonds is 13. The van der Waals surface area contributed by atoms with Crippen LogP contribution in [0.3, 0.4) is 0 Å². The minimum absolute atomic E-state index is 0.0139. The molecule has 2 rings (SSSR count). The average molecular weight is 451 g/mol. The third-order valence-electron chi connectivity index (χ3n) is 4.80. The predicted molar refractivity (Wildman–Crippen MR) is 122 cm³/mol. The lowest BCUT2D eigenvalue weighted by Crippen LogP contribution is -2.29. The van der Waals surface area contributed by atoms with Gasteiger partial charge in [-0.3, -0.25) is 24.6 Å². The van der Waals surface area contributed by atoms with E-state index in [9.17, 15) is 19.7 Å². The number of nitrogens with zero attached hydrogens (tertiary/aromatic N) is 2. The van der Waals surface area contributed by atoms with E-state index < -0.39 is 10.9 Å². The molecule has 1 N–H and O–H groups in total. The number of carboxylic acids is 1. The number of unbranched alkanes of at least 4 members (excludes halogenated alkanes) is 7. The summed E-state index contributed by atoms with van der Waals surface area (Å²) in [6, 6.07) is 6.07. The van der Waals surface area contributed by atoms with Gasteiger partial charge in [-0.15, -0.1) is 0 Å². The third-order valence-corrected chi connectivity index (χ3v) is 6.18. The summed E-state index contributed by atoms with van der Waals surface area (Å²) >= 11 is 6.60. The molecule has 1 aromatic rings. The van der Waals surface area contributed by atoms with Crippen LogP contribution in [0, 0.1) is 10.1 Å². The van der Waals surface area contributed by atoms with E-state index in [1.54, 1.807) is 23.1 Å². The molecule has 162 valence electrons. The zero-order valence-electron chi connectivity index (χ0n) is 16.7. The molecule has 1 saturated heterocycles. The molecule has 0 aliphatic carbocycles. The van der Waals surface area contributed by atoms with Crippen LogP contribution in [0.5, 0.6) is 0 Å². The zero-order valence-corrected chi connectivity index (χ0v) is 18.4. The number of nitro groups is 1. The number of non-ortho nitro benzene ring substituents is 1. The summed E-state index contributed by atoms with van der Waals surface area (Å²) in [6.07, 6.45) is 9.97. The minimum atomic E-state index is -0.728. The molecule has 1 amide bonds. The van der Waals surface area contributed by atoms with Crippen molar-refractivity contribution in [3.63, 3.8) is 0 Å². The van der Waals surface area contributed by atoms with E-state index in [0.29, 0.717) is 15.8 Å². The van der Waals surface area contributed by atoms with Crippen LogP contribution in [0.25, 0.3) is 6.08 Å². The van der Waals surface area contributed by atoms with Crippen molar-refractivity contribution in [3.05, 3.63) is 44.8 Å². The Bertz CT molecular complexity index is 808. The van der Waals surface area contributed by atoms with E-state index in [1.807, 2.05) is 0 Å². The number of hydrogen-bond donors (Lipinski definition) is 1. The van der Waals surface area contributed by atoms with Crippen LogP contribution in [-0.4, -0.2) is 37.7 Å². The highest BCUT2D eigenvalue weighted by atomic mass is 32.2. The first-order chi connectivity index (χ1) is 14.4. The number of aliphatic carboxylic acids is 1. The van der Waals surface area contributed by atoms with Crippen molar-refractivity contribution in [3.8, 4) is 0 Å². The zero-order chi connectivity index (χ0) is 21.9. The van der Waals surface area contributed by atoms with Crippen molar-refractivity contribution in [2.75, 3.05) is 6.54 Å². The fourth-order valence-electron chi connectivity index (χ4n) is 3.14. The smallest absolute Gasteiger partial charge is 0.303 e. The predicted octanol–water partition coefficient (Wildman–Crippen LogP) is 5.39. The van der Waals surface area contributed by atoms with Gasteiger partial charge < -0.3 is 5.11 Å². The van der Waals surface area contributed by atoms with Crippen LogP contribution in [0.1, 0.15) is 63.4 Å². The van der Waals surface area contributed by atoms with Crippen molar-refractivity contribution >= 4 is 51.9 Å². The van der Waals surface area contributed by atoms with Gasteiger partial charge in [-0.2, -0.15) is 0 Å². The normalized spacial score (nSPS) is 15.2. The Morgan fingerprint density at radius 3 is 2.20 bits per heavy atom. The first-order valence-electron chi connectivity index (χ1n) is 10.1. The first kappa shape index (κ1) is 24.0. The number of thioether (sulfide) groups is 1. The Morgan fingerprint density at radius 1 is 1.07 bits per heavy atom. The number of carbonyl (C=O) groups is 2. The summed E-state index contributed by atoms with van der Waals surface area (Å²) in [5, 5.41) is 19.3. The Labute approximate surface area is 185 Å². The lowest BCUT2D eigenvalue weighted by atomic mass is 10.1. The summed E-state index contributed by atoms with van der Waals surface area (Å²) in [5.41, 5.74) is 0.740. The lowest BCUT2D eigenvalue weighted by Gasteiger charge is -2.14. The number of nitro benzene ring substituents is 1. The van der Waals surface area contributed by atoms with Crippen LogP contribution in [0.4, 0.5) is 5.69 Å². The molecular weight excluding hydrogens is 424 g/mol. The summed E-state index contributed by atoms with van der Waals surface area (Å²) in [7, 11) is 0. The van der Waals surface area contributed by atoms with Crippen LogP contribution in [-0.2, 0) is 9.59 Å². The summed E-state index contributed by atoms with van der Waals surface area (Å²) < 4.78 is 0.548. The van der Waals surface area contributed by atoms with Gasteiger partial charge in [0.1, 0.15) is 4.32 Å². The molecule has 30 heavy (non-hydrogen) atoms. The van der Waals surface area contributed by atoms with Crippen LogP contribution in [0.2, 0.25) is 0 Å². The monoisotopic (exact) mass is 450 g/mol. The molecular formula is C21H26N2O5S2. The molecule has 1 aliphatic rings. The quantitative estimate of drug-likeness (QED) is 0.141. The standard InChI is InChI=1S/C21H26N2O5S2/c24-19(25)9-7-5-3-1-2-4-6-8-14-22-20(26)18(30-21(22)29)15-16-10-12-17(13-11-16)23(27)28/h10-13,15H,1-9,14H2,(H,24,25)/b18-15-. The molecule has 0 saturated carbocycles. The van der Waals surface area contributed by atoms with Crippen molar-refractivity contribution in [2.45, 2.75) is 57.8 Å². The van der Waals surface area contributed by atoms with Gasteiger partial charge in [-0.05, 0) is 36.6 Å². The molecule has 1 aromatic carbocycles. The number of hydrogen-bond acceptors (Lipinski definition) is 6. The number of thiocarbonyl (C=S) groups is 1. The maximum absolute atomic E-state index is 12.6. The molecule has 1 heterocycles. The van der Waals surface area contributed by atoms with Gasteiger partial charge in [0.25, 0.3) is 11.6 Å². The largest absolute Gasteiger partial charge is 0.481 e. The van der Waals surface area contributed by atoms with Crippen molar-refractivity contribution in [2.24, 2.45) is 0 Å². The fourth-order valence-corrected chi connectivity index (χ4v) is 4.45. The molecule has 9 heteroatoms. The number of carboxylic acid groups (broad SMARTS) is 1. The highest BCUT2D eigenvalue weighted by molar-refractivity contribution is 8.26. The molecule has 0 bridgehead atoms. The SMILES string of the molecule is O=C(O)CCCCCCCCCCN1C(=O)/C(=C/c2ccc([N+](=O)[O-])cc2)SC1=S. The maximum atomic E-state index is 12.6. The summed E-state index contributed by atoms with van der Waals surface area (Å²) in [6.45, 7) is 0.598. The Hall–Kier alpha value is -2.26. The minimum Gasteiger partial charge on any atom is -0.481 e. The molecule has 7 nitrogen and oxygen atoms in total. The van der Waals surface area contributed by atoms with Gasteiger partial charge in [0, 0.05) is 25.1 Å². The molecule has 0 radical (unpaired) electrons. The Kier molecular flexibility index (Phi) is 9.96. The Morgan fingerprint density at radius 2 is 1.63 bits per heavy atom. The molecule has 1 aliphatic heterocycles. The van der Waals surface area contributed by atoms with E-state index in [0.717, 1.165) is 56.9 Å². The van der Waals surface area contributed by atoms with Gasteiger partial charge in [-0.1, -0.05) is 62.5 Å². The van der Waals surface area contributed by atoms with Crippen LogP contribution >= 0.6 is 24.0 Å². The van der Waals surface area contributed by atoms with Crippen LogP contribution in [0.15, 0.2) is 29.2 Å².